The average molecular weight is 647 g/mol. The molecule has 11 aromatic rings. The van der Waals surface area contributed by atoms with Crippen molar-refractivity contribution in [2.24, 2.45) is 0 Å². The lowest BCUT2D eigenvalue weighted by Gasteiger charge is -2.19. The Kier molecular flexibility index (Phi) is 6.02. The van der Waals surface area contributed by atoms with Crippen LogP contribution < -0.4 is 0 Å². The Morgan fingerprint density at radius 3 is 1.49 bits per heavy atom. The first-order chi connectivity index (χ1) is 25.3. The quantitative estimate of drug-likeness (QED) is 0.174. The van der Waals surface area contributed by atoms with Crippen LogP contribution in [0.2, 0.25) is 0 Å². The van der Waals surface area contributed by atoms with Crippen molar-refractivity contribution in [3.05, 3.63) is 182 Å². The first-order valence-corrected chi connectivity index (χ1v) is 17.6. The Morgan fingerprint density at radius 1 is 0.294 bits per heavy atom. The van der Waals surface area contributed by atoms with Gasteiger partial charge in [0.2, 0.25) is 0 Å². The van der Waals surface area contributed by atoms with Gasteiger partial charge in [0.15, 0.2) is 0 Å². The van der Waals surface area contributed by atoms with Gasteiger partial charge in [-0.1, -0.05) is 170 Å². The molecular formula is C50H30O. The maximum Gasteiger partial charge on any atom is 0.143 e. The zero-order chi connectivity index (χ0) is 33.5. The fourth-order valence-electron chi connectivity index (χ4n) is 8.60. The molecule has 1 nitrogen and oxygen atoms in total. The Morgan fingerprint density at radius 2 is 0.804 bits per heavy atom. The van der Waals surface area contributed by atoms with Gasteiger partial charge in [-0.05, 0) is 94.0 Å². The summed E-state index contributed by atoms with van der Waals surface area (Å²) >= 11 is 0. The highest BCUT2D eigenvalue weighted by atomic mass is 16.3. The van der Waals surface area contributed by atoms with Crippen molar-refractivity contribution >= 4 is 75.8 Å². The zero-order valence-corrected chi connectivity index (χ0v) is 27.7. The summed E-state index contributed by atoms with van der Waals surface area (Å²) in [7, 11) is 0. The third-order valence-corrected chi connectivity index (χ3v) is 10.8. The van der Waals surface area contributed by atoms with E-state index in [1.54, 1.807) is 0 Å². The predicted octanol–water partition coefficient (Wildman–Crippen LogP) is 14.4. The standard InChI is InChI=1S/C50H30O/c1-3-15-35-31(12-1)14-11-23-38(35)48-42-21-9-7-19-40(42)47(41-20-8-10-22-43(41)48)34-26-24-33(25-27-34)45-30-46-49(39-18-6-5-17-37(39)45)44-29-28-32-13-2-4-16-36(32)50(44)51-46/h1-30H. The molecule has 0 aliphatic heterocycles. The fourth-order valence-corrected chi connectivity index (χ4v) is 8.60. The van der Waals surface area contributed by atoms with Crippen molar-refractivity contribution in [3.63, 3.8) is 0 Å². The summed E-state index contributed by atoms with van der Waals surface area (Å²) in [5, 5.41) is 14.7. The minimum absolute atomic E-state index is 0.917. The van der Waals surface area contributed by atoms with Crippen LogP contribution in [0.15, 0.2) is 186 Å². The number of hydrogen-bond donors (Lipinski definition) is 0. The summed E-state index contributed by atoms with van der Waals surface area (Å²) in [5.41, 5.74) is 9.24. The summed E-state index contributed by atoms with van der Waals surface area (Å²) in [6, 6.07) is 66.2. The maximum absolute atomic E-state index is 6.70. The lowest BCUT2D eigenvalue weighted by molar-refractivity contribution is 0.673. The SMILES string of the molecule is c1ccc2c(-c3c4ccccc4c(-c4ccc(-c5cc6oc7c8ccccc8ccc7c6c6ccccc56)cc4)c4ccccc34)cccc2c1. The van der Waals surface area contributed by atoms with E-state index in [9.17, 15) is 0 Å². The van der Waals surface area contributed by atoms with Crippen molar-refractivity contribution in [2.75, 3.05) is 0 Å². The molecule has 0 aliphatic carbocycles. The second-order valence-electron chi connectivity index (χ2n) is 13.6. The van der Waals surface area contributed by atoms with Gasteiger partial charge in [0.05, 0.1) is 0 Å². The third-order valence-electron chi connectivity index (χ3n) is 10.8. The Hall–Kier alpha value is -6.70. The van der Waals surface area contributed by atoms with Gasteiger partial charge in [0.1, 0.15) is 11.2 Å². The first-order valence-electron chi connectivity index (χ1n) is 17.6. The molecule has 236 valence electrons. The van der Waals surface area contributed by atoms with Crippen LogP contribution in [-0.2, 0) is 0 Å². The minimum atomic E-state index is 0.917. The molecule has 0 aliphatic rings. The predicted molar refractivity (Wildman–Crippen MR) is 218 cm³/mol. The molecule has 1 heterocycles. The number of furan rings is 1. The molecule has 0 unspecified atom stereocenters. The summed E-state index contributed by atoms with van der Waals surface area (Å²) in [4.78, 5) is 0. The number of fused-ring (bicyclic) bond motifs is 10. The summed E-state index contributed by atoms with van der Waals surface area (Å²) in [6.07, 6.45) is 0. The number of hydrogen-bond acceptors (Lipinski definition) is 1. The summed E-state index contributed by atoms with van der Waals surface area (Å²) in [5.74, 6) is 0. The number of benzene rings is 10. The van der Waals surface area contributed by atoms with Crippen LogP contribution in [-0.4, -0.2) is 0 Å². The van der Waals surface area contributed by atoms with Crippen molar-refractivity contribution < 1.29 is 4.42 Å². The number of rotatable bonds is 3. The highest BCUT2D eigenvalue weighted by molar-refractivity contribution is 6.26. The van der Waals surface area contributed by atoms with Crippen LogP contribution >= 0.6 is 0 Å². The van der Waals surface area contributed by atoms with Crippen LogP contribution in [0.5, 0.6) is 0 Å². The van der Waals surface area contributed by atoms with Crippen LogP contribution in [0.1, 0.15) is 0 Å². The van der Waals surface area contributed by atoms with Crippen molar-refractivity contribution in [1.82, 2.24) is 0 Å². The lowest BCUT2D eigenvalue weighted by Crippen LogP contribution is -1.91. The summed E-state index contributed by atoms with van der Waals surface area (Å²) < 4.78 is 6.70. The van der Waals surface area contributed by atoms with Crippen molar-refractivity contribution in [3.8, 4) is 33.4 Å². The molecule has 0 amide bonds. The first kappa shape index (κ1) is 28.2. The molecule has 0 fully saturated rings. The molecule has 11 rings (SSSR count). The second-order valence-corrected chi connectivity index (χ2v) is 13.6. The molecule has 1 aromatic heterocycles. The van der Waals surface area contributed by atoms with E-state index in [1.165, 1.54) is 87.2 Å². The van der Waals surface area contributed by atoms with Gasteiger partial charge in [-0.15, -0.1) is 0 Å². The van der Waals surface area contributed by atoms with E-state index in [2.05, 4.69) is 182 Å². The zero-order valence-electron chi connectivity index (χ0n) is 27.7. The largest absolute Gasteiger partial charge is 0.455 e. The monoisotopic (exact) mass is 646 g/mol. The average Bonchev–Trinajstić information content (AvgIpc) is 3.59. The van der Waals surface area contributed by atoms with Crippen LogP contribution in [0, 0.1) is 0 Å². The molecule has 0 atom stereocenters. The van der Waals surface area contributed by atoms with E-state index in [-0.39, 0.29) is 0 Å². The van der Waals surface area contributed by atoms with Gasteiger partial charge in [-0.25, -0.2) is 0 Å². The van der Waals surface area contributed by atoms with E-state index in [4.69, 9.17) is 4.42 Å². The molecule has 0 spiro atoms. The van der Waals surface area contributed by atoms with E-state index < -0.39 is 0 Å². The second kappa shape index (κ2) is 10.9. The van der Waals surface area contributed by atoms with Crippen LogP contribution in [0.25, 0.3) is 109 Å². The molecular weight excluding hydrogens is 617 g/mol. The molecule has 0 radical (unpaired) electrons. The molecule has 51 heavy (non-hydrogen) atoms. The van der Waals surface area contributed by atoms with Gasteiger partial charge < -0.3 is 4.42 Å². The highest BCUT2D eigenvalue weighted by Crippen LogP contribution is 2.46. The van der Waals surface area contributed by atoms with Gasteiger partial charge in [-0.3, -0.25) is 0 Å². The van der Waals surface area contributed by atoms with Crippen LogP contribution in [0.3, 0.4) is 0 Å². The van der Waals surface area contributed by atoms with Gasteiger partial charge in [0.25, 0.3) is 0 Å². The topological polar surface area (TPSA) is 13.1 Å². The smallest absolute Gasteiger partial charge is 0.143 e. The molecule has 0 bridgehead atoms. The van der Waals surface area contributed by atoms with E-state index in [0.717, 1.165) is 21.9 Å². The molecule has 0 saturated carbocycles. The van der Waals surface area contributed by atoms with Crippen LogP contribution in [0.4, 0.5) is 0 Å². The van der Waals surface area contributed by atoms with Gasteiger partial charge in [0, 0.05) is 16.2 Å². The fraction of sp³-hybridized carbons (Fsp3) is 0. The normalized spacial score (nSPS) is 11.9. The highest BCUT2D eigenvalue weighted by Gasteiger charge is 2.19. The van der Waals surface area contributed by atoms with E-state index in [1.807, 2.05) is 0 Å². The van der Waals surface area contributed by atoms with Crippen molar-refractivity contribution in [2.45, 2.75) is 0 Å². The molecule has 0 saturated heterocycles. The molecule has 1 heteroatoms. The van der Waals surface area contributed by atoms with E-state index >= 15 is 0 Å². The van der Waals surface area contributed by atoms with E-state index in [0.29, 0.717) is 0 Å². The third kappa shape index (κ3) is 4.16. The van der Waals surface area contributed by atoms with Gasteiger partial charge in [-0.2, -0.15) is 0 Å². The van der Waals surface area contributed by atoms with Crippen molar-refractivity contribution in [1.29, 1.82) is 0 Å². The minimum Gasteiger partial charge on any atom is -0.455 e. The van der Waals surface area contributed by atoms with Gasteiger partial charge >= 0.3 is 0 Å². The lowest BCUT2D eigenvalue weighted by atomic mass is 9.84. The Balaban J connectivity index is 1.12. The maximum atomic E-state index is 6.70. The molecule has 0 N–H and O–H groups in total. The Bertz CT molecular complexity index is 3120. The molecule has 10 aromatic carbocycles. The summed E-state index contributed by atoms with van der Waals surface area (Å²) in [6.45, 7) is 0. The Labute approximate surface area is 294 Å².